The van der Waals surface area contributed by atoms with Gasteiger partial charge in [-0.3, -0.25) is 9.78 Å². The minimum atomic E-state index is -4.66. The molecule has 1 saturated carbocycles. The van der Waals surface area contributed by atoms with Crippen molar-refractivity contribution in [2.24, 2.45) is 5.41 Å². The Bertz CT molecular complexity index is 1630. The fourth-order valence-corrected chi connectivity index (χ4v) is 8.83. The standard InChI is InChI=1S/C36H45F3N2O5Si/c1-20(2)29-27-28(35(13-15-43-16-14-35)45-31(27)22-9-10-24(36(37,38)39)23(17-22)19-40)26-25(46-47(7,8)33(4,5)6)18-34(11-12-34)32(30(26)41-29)44-21(3)42/h9-10,17,20,25,31-32H,11-16,18H2,1-8H3/t25-,31+,32?/m0/s1. The van der Waals surface area contributed by atoms with Crippen molar-refractivity contribution in [2.45, 2.75) is 128 Å². The molecule has 1 aromatic heterocycles. The predicted octanol–water partition coefficient (Wildman–Crippen LogP) is 9.07. The van der Waals surface area contributed by atoms with E-state index in [4.69, 9.17) is 23.6 Å². The number of hydrogen-bond acceptors (Lipinski definition) is 7. The van der Waals surface area contributed by atoms with Gasteiger partial charge in [0.15, 0.2) is 8.32 Å². The summed E-state index contributed by atoms with van der Waals surface area (Å²) < 4.78 is 67.9. The predicted molar refractivity (Wildman–Crippen MR) is 171 cm³/mol. The molecule has 47 heavy (non-hydrogen) atoms. The molecule has 2 aromatic rings. The zero-order valence-corrected chi connectivity index (χ0v) is 29.6. The molecule has 2 aliphatic heterocycles. The summed E-state index contributed by atoms with van der Waals surface area (Å²) in [6, 6.07) is 5.47. The van der Waals surface area contributed by atoms with Crippen LogP contribution in [0.3, 0.4) is 0 Å². The van der Waals surface area contributed by atoms with E-state index in [9.17, 15) is 23.2 Å². The van der Waals surface area contributed by atoms with E-state index in [1.807, 2.05) is 13.8 Å². The maximum absolute atomic E-state index is 13.8. The minimum Gasteiger partial charge on any atom is -0.455 e. The minimum absolute atomic E-state index is 0.0750. The Balaban J connectivity index is 1.66. The number of hydrogen-bond donors (Lipinski definition) is 0. The van der Waals surface area contributed by atoms with Crippen LogP contribution in [0.5, 0.6) is 0 Å². The molecule has 0 radical (unpaired) electrons. The van der Waals surface area contributed by atoms with Crippen molar-refractivity contribution < 1.29 is 36.6 Å². The third-order valence-corrected chi connectivity index (χ3v) is 15.6. The summed E-state index contributed by atoms with van der Waals surface area (Å²) in [5, 5.41) is 9.70. The molecule has 1 aromatic carbocycles. The maximum Gasteiger partial charge on any atom is 0.417 e. The normalized spacial score (nSPS) is 24.6. The van der Waals surface area contributed by atoms with E-state index in [-0.39, 0.29) is 28.4 Å². The van der Waals surface area contributed by atoms with Crippen LogP contribution >= 0.6 is 0 Å². The van der Waals surface area contributed by atoms with Crippen molar-refractivity contribution in [3.8, 4) is 6.07 Å². The molecule has 3 atom stereocenters. The van der Waals surface area contributed by atoms with Gasteiger partial charge in [-0.05, 0) is 66.6 Å². The third-order valence-electron chi connectivity index (χ3n) is 11.1. The van der Waals surface area contributed by atoms with E-state index in [0.29, 0.717) is 38.0 Å². The van der Waals surface area contributed by atoms with Gasteiger partial charge in [-0.25, -0.2) is 0 Å². The summed E-state index contributed by atoms with van der Waals surface area (Å²) in [4.78, 5) is 18.0. The van der Waals surface area contributed by atoms with Gasteiger partial charge in [-0.1, -0.05) is 40.7 Å². The van der Waals surface area contributed by atoms with Gasteiger partial charge in [-0.2, -0.15) is 18.4 Å². The molecule has 254 valence electrons. The third kappa shape index (κ3) is 5.73. The highest BCUT2D eigenvalue weighted by atomic mass is 28.4. The van der Waals surface area contributed by atoms with Gasteiger partial charge >= 0.3 is 12.1 Å². The number of nitrogens with zero attached hydrogens (tertiary/aromatic N) is 2. The van der Waals surface area contributed by atoms with Crippen LogP contribution in [0.2, 0.25) is 18.1 Å². The summed E-state index contributed by atoms with van der Waals surface area (Å²) in [6.45, 7) is 17.5. The molecule has 1 unspecified atom stereocenters. The van der Waals surface area contributed by atoms with E-state index in [1.54, 1.807) is 6.07 Å². The summed E-state index contributed by atoms with van der Waals surface area (Å²) in [5.74, 6) is -0.456. The van der Waals surface area contributed by atoms with Crippen LogP contribution in [0.15, 0.2) is 18.2 Å². The smallest absolute Gasteiger partial charge is 0.417 e. The number of nitriles is 1. The molecule has 0 amide bonds. The van der Waals surface area contributed by atoms with Gasteiger partial charge in [0.2, 0.25) is 0 Å². The van der Waals surface area contributed by atoms with Crippen LogP contribution in [-0.2, 0) is 35.2 Å². The zero-order valence-electron chi connectivity index (χ0n) is 28.6. The Labute approximate surface area is 276 Å². The Morgan fingerprint density at radius 3 is 2.30 bits per heavy atom. The quantitative estimate of drug-likeness (QED) is 0.232. The molecule has 1 saturated heterocycles. The summed E-state index contributed by atoms with van der Waals surface area (Å²) >= 11 is 0. The van der Waals surface area contributed by atoms with Gasteiger partial charge in [0.05, 0.1) is 34.6 Å². The molecule has 2 spiro atoms. The first kappa shape index (κ1) is 34.1. The number of halogens is 3. The Morgan fingerprint density at radius 2 is 1.77 bits per heavy atom. The Hall–Kier alpha value is -2.78. The molecule has 2 fully saturated rings. The van der Waals surface area contributed by atoms with Crippen molar-refractivity contribution in [3.05, 3.63) is 63.0 Å². The average molecular weight is 671 g/mol. The SMILES string of the molecule is CC(=O)OC1c2nc(C(C)C)c3c(c2[C@@H](O[Si](C)(C)C(C)(C)C)CC12CC2)C1(CCOCC1)O[C@@H]3c1ccc(C(F)(F)F)c(C#N)c1. The van der Waals surface area contributed by atoms with E-state index in [2.05, 4.69) is 33.9 Å². The van der Waals surface area contributed by atoms with Gasteiger partial charge < -0.3 is 18.6 Å². The van der Waals surface area contributed by atoms with Crippen LogP contribution in [0, 0.1) is 16.7 Å². The molecule has 7 nitrogen and oxygen atoms in total. The van der Waals surface area contributed by atoms with E-state index < -0.39 is 43.4 Å². The average Bonchev–Trinajstić information content (AvgIpc) is 3.68. The molecule has 0 bridgehead atoms. The Morgan fingerprint density at radius 1 is 1.11 bits per heavy atom. The van der Waals surface area contributed by atoms with Crippen LogP contribution < -0.4 is 0 Å². The van der Waals surface area contributed by atoms with Crippen molar-refractivity contribution in [2.75, 3.05) is 13.2 Å². The number of ether oxygens (including phenoxy) is 3. The number of benzene rings is 1. The number of esters is 1. The first-order valence-electron chi connectivity index (χ1n) is 16.6. The first-order chi connectivity index (χ1) is 21.8. The summed E-state index contributed by atoms with van der Waals surface area (Å²) in [7, 11) is -2.34. The second kappa shape index (κ2) is 11.4. The van der Waals surface area contributed by atoms with Gasteiger partial charge in [0, 0.05) is 55.2 Å². The number of alkyl halides is 3. The van der Waals surface area contributed by atoms with Crippen LogP contribution in [0.4, 0.5) is 13.2 Å². The number of carbonyl (C=O) groups excluding carboxylic acids is 1. The number of rotatable bonds is 5. The lowest BCUT2D eigenvalue weighted by Gasteiger charge is -2.46. The van der Waals surface area contributed by atoms with Crippen molar-refractivity contribution in [1.29, 1.82) is 5.26 Å². The summed E-state index contributed by atoms with van der Waals surface area (Å²) in [6.07, 6.45) is -2.74. The molecule has 2 aliphatic carbocycles. The molecular weight excluding hydrogens is 625 g/mol. The number of aromatic nitrogens is 1. The molecule has 11 heteroatoms. The first-order valence-corrected chi connectivity index (χ1v) is 19.5. The second-order valence-electron chi connectivity index (χ2n) is 15.7. The molecular formula is C36H45F3N2O5Si. The molecule has 4 aliphatic rings. The lowest BCUT2D eigenvalue weighted by Crippen LogP contribution is -2.45. The molecule has 6 rings (SSSR count). The summed E-state index contributed by atoms with van der Waals surface area (Å²) in [5.41, 5.74) is 2.10. The van der Waals surface area contributed by atoms with Gasteiger partial charge in [-0.15, -0.1) is 0 Å². The van der Waals surface area contributed by atoms with Crippen LogP contribution in [-0.4, -0.2) is 32.5 Å². The highest BCUT2D eigenvalue weighted by molar-refractivity contribution is 6.74. The molecule has 0 N–H and O–H groups in total. The van der Waals surface area contributed by atoms with Crippen LogP contribution in [0.25, 0.3) is 0 Å². The lowest BCUT2D eigenvalue weighted by atomic mass is 9.72. The monoisotopic (exact) mass is 670 g/mol. The van der Waals surface area contributed by atoms with Crippen molar-refractivity contribution in [3.63, 3.8) is 0 Å². The Kier molecular flexibility index (Phi) is 8.27. The van der Waals surface area contributed by atoms with Crippen LogP contribution in [0.1, 0.15) is 143 Å². The second-order valence-corrected chi connectivity index (χ2v) is 20.4. The van der Waals surface area contributed by atoms with Crippen molar-refractivity contribution >= 4 is 14.3 Å². The van der Waals surface area contributed by atoms with Crippen molar-refractivity contribution in [1.82, 2.24) is 4.98 Å². The molecule has 3 heterocycles. The van der Waals surface area contributed by atoms with E-state index in [0.717, 1.165) is 47.0 Å². The van der Waals surface area contributed by atoms with E-state index in [1.165, 1.54) is 19.1 Å². The zero-order chi connectivity index (χ0) is 34.3. The largest absolute Gasteiger partial charge is 0.455 e. The highest BCUT2D eigenvalue weighted by Crippen LogP contribution is 2.68. The topological polar surface area (TPSA) is 90.7 Å². The maximum atomic E-state index is 13.8. The number of fused-ring (bicyclic) bond motifs is 4. The number of carbonyl (C=O) groups is 1. The van der Waals surface area contributed by atoms with Gasteiger partial charge in [0.25, 0.3) is 0 Å². The fourth-order valence-electron chi connectivity index (χ4n) is 7.56. The van der Waals surface area contributed by atoms with Gasteiger partial charge in [0.1, 0.15) is 12.2 Å². The van der Waals surface area contributed by atoms with E-state index >= 15 is 0 Å². The fraction of sp³-hybridized carbons (Fsp3) is 0.639. The highest BCUT2D eigenvalue weighted by Gasteiger charge is 2.62. The lowest BCUT2D eigenvalue weighted by molar-refractivity contribution is -0.153. The number of pyridine rings is 1.